The Morgan fingerprint density at radius 2 is 2.40 bits per heavy atom. The molecular weight excluding hydrogens is 278 g/mol. The summed E-state index contributed by atoms with van der Waals surface area (Å²) in [5.41, 5.74) is 1.82. The number of benzene rings is 1. The quantitative estimate of drug-likeness (QED) is 0.883. The minimum Gasteiger partial charge on any atom is -0.494 e. The van der Waals surface area contributed by atoms with Gasteiger partial charge in [0, 0.05) is 13.0 Å². The van der Waals surface area contributed by atoms with Crippen molar-refractivity contribution in [3.63, 3.8) is 0 Å². The summed E-state index contributed by atoms with van der Waals surface area (Å²) in [4.78, 5) is 15.9. The summed E-state index contributed by atoms with van der Waals surface area (Å²) in [7, 11) is 1.63. The third-order valence-corrected chi connectivity index (χ3v) is 3.94. The highest BCUT2D eigenvalue weighted by Crippen LogP contribution is 2.31. The molecule has 1 aliphatic rings. The minimum absolute atomic E-state index is 0.107. The van der Waals surface area contributed by atoms with Crippen LogP contribution in [0.15, 0.2) is 18.2 Å². The Bertz CT molecular complexity index is 643. The Morgan fingerprint density at radius 3 is 3.05 bits per heavy atom. The number of carbonyl (C=O) groups excluding carboxylic acids is 1. The zero-order valence-electron chi connectivity index (χ0n) is 11.2. The van der Waals surface area contributed by atoms with E-state index in [0.29, 0.717) is 18.8 Å². The number of hydrogen-bond donors (Lipinski definition) is 1. The maximum Gasteiger partial charge on any atom is 0.220 e. The predicted molar refractivity (Wildman–Crippen MR) is 77.1 cm³/mol. The van der Waals surface area contributed by atoms with Crippen LogP contribution < -0.4 is 10.1 Å². The van der Waals surface area contributed by atoms with E-state index < -0.39 is 0 Å². The predicted octanol–water partition coefficient (Wildman–Crippen LogP) is 2.23. The SMILES string of the molecule is COc1cccc2c1nc(CCl)n2C1CCC(=O)NC1. The number of hydrogen-bond acceptors (Lipinski definition) is 3. The van der Waals surface area contributed by atoms with Gasteiger partial charge in [0.25, 0.3) is 0 Å². The summed E-state index contributed by atoms with van der Waals surface area (Å²) in [5, 5.41) is 2.90. The van der Waals surface area contributed by atoms with Gasteiger partial charge in [0.15, 0.2) is 0 Å². The Balaban J connectivity index is 2.11. The highest BCUT2D eigenvalue weighted by molar-refractivity contribution is 6.16. The maximum absolute atomic E-state index is 11.3. The number of fused-ring (bicyclic) bond motifs is 1. The fourth-order valence-electron chi connectivity index (χ4n) is 2.75. The van der Waals surface area contributed by atoms with E-state index in [2.05, 4.69) is 14.9 Å². The number of rotatable bonds is 3. The Hall–Kier alpha value is -1.75. The second-order valence-electron chi connectivity index (χ2n) is 4.86. The van der Waals surface area contributed by atoms with Crippen LogP contribution in [0, 0.1) is 0 Å². The number of aromatic nitrogens is 2. The molecule has 0 saturated carbocycles. The summed E-state index contributed by atoms with van der Waals surface area (Å²) < 4.78 is 7.49. The summed E-state index contributed by atoms with van der Waals surface area (Å²) in [6, 6.07) is 6.04. The van der Waals surface area contributed by atoms with Crippen LogP contribution in [0.3, 0.4) is 0 Å². The average Bonchev–Trinajstić information content (AvgIpc) is 2.86. The Morgan fingerprint density at radius 1 is 1.55 bits per heavy atom. The summed E-state index contributed by atoms with van der Waals surface area (Å²) in [6.45, 7) is 0.616. The number of piperidine rings is 1. The van der Waals surface area contributed by atoms with Crippen molar-refractivity contribution in [1.29, 1.82) is 0 Å². The van der Waals surface area contributed by atoms with Crippen molar-refractivity contribution in [2.24, 2.45) is 0 Å². The largest absolute Gasteiger partial charge is 0.494 e. The highest BCUT2D eigenvalue weighted by Gasteiger charge is 2.24. The average molecular weight is 294 g/mol. The molecule has 1 saturated heterocycles. The van der Waals surface area contributed by atoms with Crippen LogP contribution in [0.1, 0.15) is 24.7 Å². The number of imidazole rings is 1. The van der Waals surface area contributed by atoms with Gasteiger partial charge in [-0.15, -0.1) is 11.6 Å². The molecule has 0 aliphatic carbocycles. The highest BCUT2D eigenvalue weighted by atomic mass is 35.5. The van der Waals surface area contributed by atoms with Gasteiger partial charge < -0.3 is 14.6 Å². The van der Waals surface area contributed by atoms with Gasteiger partial charge in [0.05, 0.1) is 24.5 Å². The molecule has 1 aliphatic heterocycles. The fraction of sp³-hybridized carbons (Fsp3) is 0.429. The van der Waals surface area contributed by atoms with Crippen LogP contribution in [-0.4, -0.2) is 29.1 Å². The second-order valence-corrected chi connectivity index (χ2v) is 5.12. The first kappa shape index (κ1) is 13.2. The topological polar surface area (TPSA) is 56.2 Å². The first-order valence-corrected chi connectivity index (χ1v) is 7.14. The standard InChI is InChI=1S/C14H16ClN3O2/c1-20-11-4-2-3-10-14(11)17-12(7-15)18(10)9-5-6-13(19)16-8-9/h2-4,9H,5-8H2,1H3,(H,16,19). The monoisotopic (exact) mass is 293 g/mol. The molecule has 3 rings (SSSR count). The van der Waals surface area contributed by atoms with E-state index >= 15 is 0 Å². The number of alkyl halides is 1. The molecule has 1 aromatic carbocycles. The molecule has 1 amide bonds. The van der Waals surface area contributed by atoms with Crippen molar-refractivity contribution in [2.45, 2.75) is 24.8 Å². The van der Waals surface area contributed by atoms with E-state index in [0.717, 1.165) is 29.0 Å². The molecule has 1 fully saturated rings. The van der Waals surface area contributed by atoms with Gasteiger partial charge >= 0.3 is 0 Å². The minimum atomic E-state index is 0.107. The van der Waals surface area contributed by atoms with Crippen molar-refractivity contribution < 1.29 is 9.53 Å². The molecule has 106 valence electrons. The van der Waals surface area contributed by atoms with Crippen molar-refractivity contribution in [1.82, 2.24) is 14.9 Å². The number of nitrogens with zero attached hydrogens (tertiary/aromatic N) is 2. The van der Waals surface area contributed by atoms with Crippen LogP contribution in [0.2, 0.25) is 0 Å². The van der Waals surface area contributed by atoms with Crippen molar-refractivity contribution in [3.05, 3.63) is 24.0 Å². The first-order valence-electron chi connectivity index (χ1n) is 6.61. The zero-order chi connectivity index (χ0) is 14.1. The third kappa shape index (κ3) is 2.12. The Labute approximate surface area is 121 Å². The van der Waals surface area contributed by atoms with Crippen molar-refractivity contribution in [3.8, 4) is 5.75 Å². The number of halogens is 1. The van der Waals surface area contributed by atoms with Crippen LogP contribution in [0.5, 0.6) is 5.75 Å². The number of amides is 1. The first-order chi connectivity index (χ1) is 9.74. The van der Waals surface area contributed by atoms with Gasteiger partial charge in [0.1, 0.15) is 17.1 Å². The Kier molecular flexibility index (Phi) is 3.53. The molecule has 1 atom stereocenters. The summed E-state index contributed by atoms with van der Waals surface area (Å²) in [6.07, 6.45) is 1.34. The molecule has 20 heavy (non-hydrogen) atoms. The molecule has 1 N–H and O–H groups in total. The molecule has 2 heterocycles. The van der Waals surface area contributed by atoms with E-state index in [4.69, 9.17) is 16.3 Å². The lowest BCUT2D eigenvalue weighted by molar-refractivity contribution is -0.122. The van der Waals surface area contributed by atoms with E-state index in [1.54, 1.807) is 7.11 Å². The second kappa shape index (κ2) is 5.32. The molecule has 0 spiro atoms. The third-order valence-electron chi connectivity index (χ3n) is 3.70. The van der Waals surface area contributed by atoms with Gasteiger partial charge in [-0.1, -0.05) is 6.07 Å². The van der Waals surface area contributed by atoms with Gasteiger partial charge in [0.2, 0.25) is 5.91 Å². The van der Waals surface area contributed by atoms with Gasteiger partial charge in [-0.05, 0) is 18.6 Å². The summed E-state index contributed by atoms with van der Waals surface area (Å²) in [5.74, 6) is 2.00. The summed E-state index contributed by atoms with van der Waals surface area (Å²) >= 11 is 6.04. The molecule has 0 radical (unpaired) electrons. The van der Waals surface area contributed by atoms with Gasteiger partial charge in [-0.2, -0.15) is 0 Å². The normalized spacial score (nSPS) is 19.1. The van der Waals surface area contributed by atoms with E-state index in [9.17, 15) is 4.79 Å². The molecule has 2 aromatic rings. The molecule has 0 bridgehead atoms. The van der Waals surface area contributed by atoms with Crippen LogP contribution in [0.25, 0.3) is 11.0 Å². The lowest BCUT2D eigenvalue weighted by Gasteiger charge is -2.25. The molecule has 6 heteroatoms. The zero-order valence-corrected chi connectivity index (χ0v) is 12.0. The number of para-hydroxylation sites is 1. The number of ether oxygens (including phenoxy) is 1. The molecule has 5 nitrogen and oxygen atoms in total. The van der Waals surface area contributed by atoms with Crippen LogP contribution >= 0.6 is 11.6 Å². The lowest BCUT2D eigenvalue weighted by Crippen LogP contribution is -2.36. The molecular formula is C14H16ClN3O2. The number of nitrogens with one attached hydrogen (secondary N) is 1. The van der Waals surface area contributed by atoms with Crippen LogP contribution in [-0.2, 0) is 10.7 Å². The van der Waals surface area contributed by atoms with Gasteiger partial charge in [-0.3, -0.25) is 4.79 Å². The van der Waals surface area contributed by atoms with Gasteiger partial charge in [-0.25, -0.2) is 4.98 Å². The smallest absolute Gasteiger partial charge is 0.220 e. The van der Waals surface area contributed by atoms with Crippen LogP contribution in [0.4, 0.5) is 0 Å². The molecule has 1 unspecified atom stereocenters. The van der Waals surface area contributed by atoms with E-state index in [1.807, 2.05) is 18.2 Å². The van der Waals surface area contributed by atoms with Crippen molar-refractivity contribution >= 4 is 28.5 Å². The lowest BCUT2D eigenvalue weighted by atomic mass is 10.1. The number of methoxy groups -OCH3 is 1. The number of carbonyl (C=O) groups is 1. The maximum atomic E-state index is 11.3. The molecule has 1 aromatic heterocycles. The van der Waals surface area contributed by atoms with E-state index in [-0.39, 0.29) is 11.9 Å². The van der Waals surface area contributed by atoms with Crippen molar-refractivity contribution in [2.75, 3.05) is 13.7 Å². The van der Waals surface area contributed by atoms with E-state index in [1.165, 1.54) is 0 Å². The fourth-order valence-corrected chi connectivity index (χ4v) is 2.93.